The number of nitrogens with zero attached hydrogens (tertiary/aromatic N) is 2. The molecule has 0 amide bonds. The minimum absolute atomic E-state index is 0.0659. The molecule has 0 saturated carbocycles. The van der Waals surface area contributed by atoms with Crippen LogP contribution in [0.1, 0.15) is 35.5 Å². The van der Waals surface area contributed by atoms with Gasteiger partial charge >= 0.3 is 0 Å². The maximum Gasteiger partial charge on any atom is 0.126 e. The molecule has 3 rings (SSSR count). The Morgan fingerprint density at radius 1 is 1.09 bits per heavy atom. The second-order valence-corrected chi connectivity index (χ2v) is 6.07. The molecule has 0 aliphatic rings. The van der Waals surface area contributed by atoms with Crippen LogP contribution in [-0.2, 0) is 13.0 Å². The van der Waals surface area contributed by atoms with Gasteiger partial charge in [-0.05, 0) is 56.0 Å². The Bertz CT molecular complexity index is 785. The first-order valence-electron chi connectivity index (χ1n) is 7.83. The average Bonchev–Trinajstić information content (AvgIpc) is 2.85. The Labute approximate surface area is 131 Å². The van der Waals surface area contributed by atoms with Crippen LogP contribution in [0.2, 0.25) is 0 Å². The van der Waals surface area contributed by atoms with Crippen LogP contribution in [0.15, 0.2) is 42.5 Å². The number of rotatable bonds is 4. The van der Waals surface area contributed by atoms with Crippen molar-refractivity contribution in [3.05, 3.63) is 65.0 Å². The third kappa shape index (κ3) is 2.77. The van der Waals surface area contributed by atoms with Crippen molar-refractivity contribution in [2.45, 2.75) is 39.8 Å². The summed E-state index contributed by atoms with van der Waals surface area (Å²) in [5.74, 6) is 0.968. The topological polar surface area (TPSA) is 43.8 Å². The molecule has 2 N–H and O–H groups in total. The van der Waals surface area contributed by atoms with Gasteiger partial charge in [-0.2, -0.15) is 0 Å². The summed E-state index contributed by atoms with van der Waals surface area (Å²) in [4.78, 5) is 4.76. The zero-order valence-electron chi connectivity index (χ0n) is 13.5. The summed E-state index contributed by atoms with van der Waals surface area (Å²) in [6, 6.07) is 14.9. The summed E-state index contributed by atoms with van der Waals surface area (Å²) in [5.41, 5.74) is 12.3. The Balaban J connectivity index is 2.02. The van der Waals surface area contributed by atoms with E-state index in [2.05, 4.69) is 60.9 Å². The van der Waals surface area contributed by atoms with Crippen LogP contribution in [0.4, 0.5) is 0 Å². The van der Waals surface area contributed by atoms with E-state index in [-0.39, 0.29) is 6.04 Å². The predicted molar refractivity (Wildman–Crippen MR) is 92.0 cm³/mol. The van der Waals surface area contributed by atoms with Crippen molar-refractivity contribution in [2.75, 3.05) is 0 Å². The van der Waals surface area contributed by atoms with Crippen molar-refractivity contribution >= 4 is 11.0 Å². The molecular formula is C19H23N3. The van der Waals surface area contributed by atoms with Gasteiger partial charge in [0.2, 0.25) is 0 Å². The smallest absolute Gasteiger partial charge is 0.126 e. The van der Waals surface area contributed by atoms with E-state index in [1.807, 2.05) is 6.92 Å². The summed E-state index contributed by atoms with van der Waals surface area (Å²) in [7, 11) is 0. The largest absolute Gasteiger partial charge is 0.326 e. The first-order valence-corrected chi connectivity index (χ1v) is 7.83. The zero-order chi connectivity index (χ0) is 15.7. The Kier molecular flexibility index (Phi) is 3.99. The fourth-order valence-corrected chi connectivity index (χ4v) is 2.87. The van der Waals surface area contributed by atoms with E-state index in [4.69, 9.17) is 10.7 Å². The van der Waals surface area contributed by atoms with Gasteiger partial charge in [0, 0.05) is 6.54 Å². The van der Waals surface area contributed by atoms with Crippen LogP contribution >= 0.6 is 0 Å². The standard InChI is InChI=1S/C19H23N3/c1-13-11-17-18(12-14(13)2)22(19(21-17)15(3)20)10-9-16-7-5-4-6-8-16/h4-8,11-12,15H,9-10,20H2,1-3H3. The number of hydrogen-bond acceptors (Lipinski definition) is 2. The van der Waals surface area contributed by atoms with Crippen molar-refractivity contribution in [3.8, 4) is 0 Å². The molecule has 1 heterocycles. The van der Waals surface area contributed by atoms with Crippen molar-refractivity contribution < 1.29 is 0 Å². The number of benzene rings is 2. The van der Waals surface area contributed by atoms with E-state index in [0.717, 1.165) is 24.3 Å². The first-order chi connectivity index (χ1) is 10.6. The Hall–Kier alpha value is -2.13. The average molecular weight is 293 g/mol. The maximum atomic E-state index is 6.14. The highest BCUT2D eigenvalue weighted by molar-refractivity contribution is 5.78. The molecule has 1 unspecified atom stereocenters. The number of aromatic nitrogens is 2. The van der Waals surface area contributed by atoms with Gasteiger partial charge in [0.05, 0.1) is 17.1 Å². The second kappa shape index (κ2) is 5.93. The number of hydrogen-bond donors (Lipinski definition) is 1. The van der Waals surface area contributed by atoms with E-state index in [1.54, 1.807) is 0 Å². The van der Waals surface area contributed by atoms with Crippen LogP contribution in [0.25, 0.3) is 11.0 Å². The molecule has 0 aliphatic carbocycles. The summed E-state index contributed by atoms with van der Waals surface area (Å²) in [6.45, 7) is 7.18. The van der Waals surface area contributed by atoms with Gasteiger partial charge in [-0.1, -0.05) is 30.3 Å². The van der Waals surface area contributed by atoms with Crippen molar-refractivity contribution in [1.82, 2.24) is 9.55 Å². The molecular weight excluding hydrogens is 270 g/mol. The Morgan fingerprint density at radius 2 is 1.77 bits per heavy atom. The molecule has 0 fully saturated rings. The number of fused-ring (bicyclic) bond motifs is 1. The van der Waals surface area contributed by atoms with Gasteiger partial charge in [-0.15, -0.1) is 0 Å². The van der Waals surface area contributed by atoms with Gasteiger partial charge in [0.15, 0.2) is 0 Å². The molecule has 3 heteroatoms. The molecule has 0 bridgehead atoms. The van der Waals surface area contributed by atoms with Gasteiger partial charge in [0.25, 0.3) is 0 Å². The molecule has 3 aromatic rings. The summed E-state index contributed by atoms with van der Waals surface area (Å²) in [5, 5.41) is 0. The van der Waals surface area contributed by atoms with Gasteiger partial charge in [-0.25, -0.2) is 4.98 Å². The molecule has 0 spiro atoms. The predicted octanol–water partition coefficient (Wildman–Crippen LogP) is 3.92. The van der Waals surface area contributed by atoms with Crippen molar-refractivity contribution in [1.29, 1.82) is 0 Å². The number of imidazole rings is 1. The lowest BCUT2D eigenvalue weighted by molar-refractivity contribution is 0.621. The van der Waals surface area contributed by atoms with Crippen LogP contribution in [0.3, 0.4) is 0 Å². The Morgan fingerprint density at radius 3 is 2.45 bits per heavy atom. The third-order valence-electron chi connectivity index (χ3n) is 4.27. The van der Waals surface area contributed by atoms with E-state index in [0.29, 0.717) is 0 Å². The first kappa shape index (κ1) is 14.8. The minimum Gasteiger partial charge on any atom is -0.326 e. The van der Waals surface area contributed by atoms with E-state index in [1.165, 1.54) is 22.2 Å². The fraction of sp³-hybridized carbons (Fsp3) is 0.316. The molecule has 3 nitrogen and oxygen atoms in total. The van der Waals surface area contributed by atoms with E-state index in [9.17, 15) is 0 Å². The van der Waals surface area contributed by atoms with E-state index >= 15 is 0 Å². The highest BCUT2D eigenvalue weighted by Gasteiger charge is 2.14. The highest BCUT2D eigenvalue weighted by Crippen LogP contribution is 2.23. The molecule has 114 valence electrons. The molecule has 2 aromatic carbocycles. The summed E-state index contributed by atoms with van der Waals surface area (Å²) >= 11 is 0. The lowest BCUT2D eigenvalue weighted by Crippen LogP contribution is -2.14. The fourth-order valence-electron chi connectivity index (χ4n) is 2.87. The number of aryl methyl sites for hydroxylation is 4. The van der Waals surface area contributed by atoms with Crippen LogP contribution in [0, 0.1) is 13.8 Å². The minimum atomic E-state index is -0.0659. The summed E-state index contributed by atoms with van der Waals surface area (Å²) < 4.78 is 2.28. The normalized spacial score (nSPS) is 12.7. The van der Waals surface area contributed by atoms with Crippen molar-refractivity contribution in [3.63, 3.8) is 0 Å². The van der Waals surface area contributed by atoms with Crippen LogP contribution in [0.5, 0.6) is 0 Å². The zero-order valence-corrected chi connectivity index (χ0v) is 13.5. The van der Waals surface area contributed by atoms with E-state index < -0.39 is 0 Å². The second-order valence-electron chi connectivity index (χ2n) is 6.07. The molecule has 22 heavy (non-hydrogen) atoms. The molecule has 1 atom stereocenters. The SMILES string of the molecule is Cc1cc2nc(C(C)N)n(CCc3ccccc3)c2cc1C. The molecule has 0 radical (unpaired) electrons. The van der Waals surface area contributed by atoms with Crippen LogP contribution < -0.4 is 5.73 Å². The quantitative estimate of drug-likeness (QED) is 0.792. The van der Waals surface area contributed by atoms with Gasteiger partial charge < -0.3 is 10.3 Å². The third-order valence-corrected chi connectivity index (χ3v) is 4.27. The maximum absolute atomic E-state index is 6.14. The monoisotopic (exact) mass is 293 g/mol. The molecule has 0 aliphatic heterocycles. The van der Waals surface area contributed by atoms with Gasteiger partial charge in [0.1, 0.15) is 5.82 Å². The number of nitrogens with two attached hydrogens (primary N) is 1. The lowest BCUT2D eigenvalue weighted by Gasteiger charge is -2.12. The molecule has 1 aromatic heterocycles. The summed E-state index contributed by atoms with van der Waals surface area (Å²) in [6.07, 6.45) is 0.985. The van der Waals surface area contributed by atoms with Crippen molar-refractivity contribution in [2.24, 2.45) is 5.73 Å². The molecule has 0 saturated heterocycles. The lowest BCUT2D eigenvalue weighted by atomic mass is 10.1. The van der Waals surface area contributed by atoms with Crippen LogP contribution in [-0.4, -0.2) is 9.55 Å². The van der Waals surface area contributed by atoms with Gasteiger partial charge in [-0.3, -0.25) is 0 Å². The highest BCUT2D eigenvalue weighted by atomic mass is 15.1.